The Morgan fingerprint density at radius 3 is 2.60 bits per heavy atom. The Kier molecular flexibility index (Phi) is 7.45. The zero-order chi connectivity index (χ0) is 15.0. The molecule has 1 aromatic rings. The molecule has 20 heavy (non-hydrogen) atoms. The molecule has 5 heteroatoms. The molecular weight excluding hydrogens is 320 g/mol. The van der Waals surface area contributed by atoms with E-state index in [2.05, 4.69) is 22.0 Å². The van der Waals surface area contributed by atoms with Crippen molar-refractivity contribution in [3.63, 3.8) is 0 Å². The van der Waals surface area contributed by atoms with Crippen molar-refractivity contribution in [2.24, 2.45) is 0 Å². The number of nitriles is 1. The minimum Gasteiger partial charge on any atom is -0.383 e. The van der Waals surface area contributed by atoms with Crippen molar-refractivity contribution in [3.8, 4) is 6.07 Å². The van der Waals surface area contributed by atoms with Crippen molar-refractivity contribution >= 4 is 21.7 Å². The minimum absolute atomic E-state index is 0.0616. The maximum Gasteiger partial charge on any atom is 0.179 e. The Hall–Kier alpha value is -1.22. The number of benzene rings is 1. The van der Waals surface area contributed by atoms with Gasteiger partial charge >= 0.3 is 0 Å². The number of hydrogen-bond acceptors (Lipinski definition) is 4. The van der Waals surface area contributed by atoms with E-state index < -0.39 is 0 Å². The van der Waals surface area contributed by atoms with E-state index in [1.165, 1.54) is 0 Å². The van der Waals surface area contributed by atoms with E-state index in [1.807, 2.05) is 36.1 Å². The third-order valence-corrected chi connectivity index (χ3v) is 3.68. The highest BCUT2D eigenvalue weighted by Gasteiger charge is 2.21. The first-order valence-electron chi connectivity index (χ1n) is 6.50. The van der Waals surface area contributed by atoms with Crippen LogP contribution in [0.4, 0.5) is 0 Å². The molecule has 0 amide bonds. The fraction of sp³-hybridized carbons (Fsp3) is 0.467. The van der Waals surface area contributed by atoms with Crippen LogP contribution in [0.15, 0.2) is 28.7 Å². The summed E-state index contributed by atoms with van der Waals surface area (Å²) in [5.41, 5.74) is 0.681. The quantitative estimate of drug-likeness (QED) is 0.684. The van der Waals surface area contributed by atoms with Crippen LogP contribution in [0, 0.1) is 11.3 Å². The lowest BCUT2D eigenvalue weighted by molar-refractivity contribution is 0.0781. The van der Waals surface area contributed by atoms with Crippen molar-refractivity contribution in [1.29, 1.82) is 5.26 Å². The molecule has 0 fully saturated rings. The smallest absolute Gasteiger partial charge is 0.179 e. The Morgan fingerprint density at radius 2 is 2.05 bits per heavy atom. The van der Waals surface area contributed by atoms with Gasteiger partial charge in [-0.15, -0.1) is 0 Å². The molecular formula is C15H19BrN2O2. The third-order valence-electron chi connectivity index (χ3n) is 3.15. The van der Waals surface area contributed by atoms with Gasteiger partial charge in [-0.25, -0.2) is 0 Å². The summed E-state index contributed by atoms with van der Waals surface area (Å²) in [7, 11) is 1.63. The number of carbonyl (C=O) groups excluding carboxylic acids is 1. The molecule has 0 N–H and O–H groups in total. The van der Waals surface area contributed by atoms with Crippen LogP contribution in [0.2, 0.25) is 0 Å². The summed E-state index contributed by atoms with van der Waals surface area (Å²) in [5.74, 6) is 0.0616. The largest absolute Gasteiger partial charge is 0.383 e. The molecule has 1 aromatic carbocycles. The van der Waals surface area contributed by atoms with Crippen LogP contribution in [0.1, 0.15) is 23.7 Å². The van der Waals surface area contributed by atoms with Crippen LogP contribution >= 0.6 is 15.9 Å². The van der Waals surface area contributed by atoms with Gasteiger partial charge in [0, 0.05) is 36.7 Å². The van der Waals surface area contributed by atoms with Gasteiger partial charge in [0.1, 0.15) is 0 Å². The Labute approximate surface area is 128 Å². The third kappa shape index (κ3) is 5.04. The first kappa shape index (κ1) is 16.8. The molecule has 0 aromatic heterocycles. The molecule has 0 aliphatic carbocycles. The fourth-order valence-corrected chi connectivity index (χ4v) is 2.19. The van der Waals surface area contributed by atoms with Crippen molar-refractivity contribution < 1.29 is 9.53 Å². The number of nitrogens with zero attached hydrogens (tertiary/aromatic N) is 2. The molecule has 0 heterocycles. The molecule has 1 unspecified atom stereocenters. The zero-order valence-corrected chi connectivity index (χ0v) is 13.4. The van der Waals surface area contributed by atoms with E-state index >= 15 is 0 Å². The molecule has 0 aliphatic rings. The Morgan fingerprint density at radius 1 is 1.40 bits per heavy atom. The lowest BCUT2D eigenvalue weighted by atomic mass is 10.0. The van der Waals surface area contributed by atoms with E-state index in [1.54, 1.807) is 7.11 Å². The van der Waals surface area contributed by atoms with Crippen molar-refractivity contribution in [1.82, 2.24) is 4.90 Å². The molecule has 0 aliphatic heterocycles. The number of halogens is 1. The first-order chi connectivity index (χ1) is 9.60. The minimum atomic E-state index is -0.264. The van der Waals surface area contributed by atoms with Crippen LogP contribution in [-0.2, 0) is 4.74 Å². The van der Waals surface area contributed by atoms with Crippen molar-refractivity contribution in [2.45, 2.75) is 19.4 Å². The van der Waals surface area contributed by atoms with Gasteiger partial charge in [0.15, 0.2) is 5.78 Å². The standard InChI is InChI=1S/C15H19BrN2O2/c1-12(18(9-3-8-17)10-11-20-2)15(19)13-4-6-14(16)7-5-13/h4-7,12H,3,9-11H2,1-2H3. The first-order valence-corrected chi connectivity index (χ1v) is 7.29. The van der Waals surface area contributed by atoms with Gasteiger partial charge in [0.05, 0.1) is 18.7 Å². The van der Waals surface area contributed by atoms with E-state index in [0.717, 1.165) is 4.47 Å². The Bertz CT molecular complexity index is 468. The molecule has 1 rings (SSSR count). The van der Waals surface area contributed by atoms with Crippen molar-refractivity contribution in [2.75, 3.05) is 26.8 Å². The van der Waals surface area contributed by atoms with Gasteiger partial charge in [0.25, 0.3) is 0 Å². The van der Waals surface area contributed by atoms with Crippen molar-refractivity contribution in [3.05, 3.63) is 34.3 Å². The van der Waals surface area contributed by atoms with Gasteiger partial charge < -0.3 is 4.74 Å². The van der Waals surface area contributed by atoms with Gasteiger partial charge in [-0.2, -0.15) is 5.26 Å². The molecule has 4 nitrogen and oxygen atoms in total. The topological polar surface area (TPSA) is 53.3 Å². The van der Waals surface area contributed by atoms with E-state index in [0.29, 0.717) is 31.7 Å². The van der Waals surface area contributed by atoms with E-state index in [9.17, 15) is 4.79 Å². The number of Topliss-reactive ketones (excluding diaryl/α,β-unsaturated/α-hetero) is 1. The number of rotatable bonds is 8. The summed E-state index contributed by atoms with van der Waals surface area (Å²) in [4.78, 5) is 14.4. The molecule has 0 bridgehead atoms. The monoisotopic (exact) mass is 338 g/mol. The second-order valence-corrected chi connectivity index (χ2v) is 5.40. The maximum atomic E-state index is 12.4. The molecule has 1 atom stereocenters. The number of methoxy groups -OCH3 is 1. The predicted octanol–water partition coefficient (Wildman–Crippen LogP) is 2.88. The number of carbonyl (C=O) groups is 1. The highest BCUT2D eigenvalue weighted by atomic mass is 79.9. The normalized spacial score (nSPS) is 12.2. The maximum absolute atomic E-state index is 12.4. The second-order valence-electron chi connectivity index (χ2n) is 4.48. The highest BCUT2D eigenvalue weighted by Crippen LogP contribution is 2.14. The van der Waals surface area contributed by atoms with Gasteiger partial charge in [0.2, 0.25) is 0 Å². The average molecular weight is 339 g/mol. The van der Waals surface area contributed by atoms with E-state index in [4.69, 9.17) is 10.00 Å². The predicted molar refractivity (Wildman–Crippen MR) is 81.6 cm³/mol. The summed E-state index contributed by atoms with van der Waals surface area (Å²) in [6.07, 6.45) is 0.404. The number of ether oxygens (including phenoxy) is 1. The summed E-state index contributed by atoms with van der Waals surface area (Å²) in [6.45, 7) is 3.63. The van der Waals surface area contributed by atoms with Gasteiger partial charge in [-0.3, -0.25) is 9.69 Å². The lowest BCUT2D eigenvalue weighted by Gasteiger charge is -2.27. The highest BCUT2D eigenvalue weighted by molar-refractivity contribution is 9.10. The lowest BCUT2D eigenvalue weighted by Crippen LogP contribution is -2.41. The zero-order valence-electron chi connectivity index (χ0n) is 11.8. The second kappa shape index (κ2) is 8.85. The summed E-state index contributed by atoms with van der Waals surface area (Å²) in [6, 6.07) is 9.18. The van der Waals surface area contributed by atoms with Crippen LogP contribution < -0.4 is 0 Å². The molecule has 0 saturated heterocycles. The summed E-state index contributed by atoms with van der Waals surface area (Å²) >= 11 is 3.35. The molecule has 0 saturated carbocycles. The van der Waals surface area contributed by atoms with Crippen LogP contribution in [0.5, 0.6) is 0 Å². The van der Waals surface area contributed by atoms with Gasteiger partial charge in [-0.05, 0) is 19.1 Å². The average Bonchev–Trinajstić information content (AvgIpc) is 2.47. The van der Waals surface area contributed by atoms with Crippen LogP contribution in [0.25, 0.3) is 0 Å². The fourth-order valence-electron chi connectivity index (χ4n) is 1.92. The molecule has 0 radical (unpaired) electrons. The molecule has 0 spiro atoms. The summed E-state index contributed by atoms with van der Waals surface area (Å²) < 4.78 is 6.01. The summed E-state index contributed by atoms with van der Waals surface area (Å²) in [5, 5.41) is 8.71. The number of ketones is 1. The van der Waals surface area contributed by atoms with Gasteiger partial charge in [-0.1, -0.05) is 28.1 Å². The SMILES string of the molecule is COCCN(CCC#N)C(C)C(=O)c1ccc(Br)cc1. The Balaban J connectivity index is 2.76. The van der Waals surface area contributed by atoms with Crippen LogP contribution in [-0.4, -0.2) is 43.5 Å². The molecule has 108 valence electrons. The van der Waals surface area contributed by atoms with Crippen LogP contribution in [0.3, 0.4) is 0 Å². The van der Waals surface area contributed by atoms with E-state index in [-0.39, 0.29) is 11.8 Å². The number of hydrogen-bond donors (Lipinski definition) is 0.